The van der Waals surface area contributed by atoms with E-state index in [4.69, 9.17) is 21.4 Å². The molecule has 100 valence electrons. The second-order valence-electron chi connectivity index (χ2n) is 5.04. The van der Waals surface area contributed by atoms with Gasteiger partial charge in [0, 0.05) is 10.6 Å². The highest BCUT2D eigenvalue weighted by Crippen LogP contribution is 2.18. The van der Waals surface area contributed by atoms with Gasteiger partial charge in [-0.3, -0.25) is 0 Å². The molecule has 0 aliphatic rings. The Hall–Kier alpha value is -1.26. The van der Waals surface area contributed by atoms with Crippen molar-refractivity contribution in [2.24, 2.45) is 0 Å². The topological polar surface area (TPSA) is 58.6 Å². The van der Waals surface area contributed by atoms with Gasteiger partial charge in [0.2, 0.25) is 0 Å². The number of ether oxygens (including phenoxy) is 1. The van der Waals surface area contributed by atoms with Crippen LogP contribution in [0.4, 0.5) is 4.79 Å². The Labute approximate surface area is 112 Å². The normalized spacial score (nSPS) is 11.2. The molecule has 0 heterocycles. The minimum Gasteiger partial charge on any atom is -0.445 e. The molecule has 4 nitrogen and oxygen atoms in total. The van der Waals surface area contributed by atoms with Crippen LogP contribution in [0.15, 0.2) is 18.2 Å². The van der Waals surface area contributed by atoms with Crippen LogP contribution in [-0.2, 0) is 18.0 Å². The van der Waals surface area contributed by atoms with Crippen LogP contribution in [0.1, 0.15) is 31.9 Å². The van der Waals surface area contributed by atoms with Gasteiger partial charge in [0.05, 0.1) is 6.61 Å². The minimum absolute atomic E-state index is 0.107. The van der Waals surface area contributed by atoms with E-state index in [1.165, 1.54) is 0 Å². The highest BCUT2D eigenvalue weighted by molar-refractivity contribution is 6.31. The fourth-order valence-electron chi connectivity index (χ4n) is 1.30. The molecular weight excluding hydrogens is 254 g/mol. The standard InChI is InChI=1S/C13H18ClNO3/c1-13(2,3)15-12(17)18-8-9-4-5-10(7-16)11(14)6-9/h4-6,16H,7-8H2,1-3H3,(H,15,17). The molecule has 1 rings (SSSR count). The lowest BCUT2D eigenvalue weighted by Gasteiger charge is -2.20. The van der Waals surface area contributed by atoms with Crippen molar-refractivity contribution in [1.29, 1.82) is 0 Å². The van der Waals surface area contributed by atoms with Crippen LogP contribution in [0.2, 0.25) is 5.02 Å². The predicted molar refractivity (Wildman–Crippen MR) is 70.4 cm³/mol. The quantitative estimate of drug-likeness (QED) is 0.889. The molecular formula is C13H18ClNO3. The van der Waals surface area contributed by atoms with Crippen molar-refractivity contribution in [1.82, 2.24) is 5.32 Å². The maximum absolute atomic E-state index is 11.4. The Kier molecular flexibility index (Phi) is 4.99. The van der Waals surface area contributed by atoms with E-state index < -0.39 is 6.09 Å². The molecule has 1 aromatic carbocycles. The lowest BCUT2D eigenvalue weighted by Crippen LogP contribution is -2.40. The van der Waals surface area contributed by atoms with Crippen LogP contribution in [-0.4, -0.2) is 16.7 Å². The van der Waals surface area contributed by atoms with Crippen molar-refractivity contribution in [3.63, 3.8) is 0 Å². The zero-order valence-electron chi connectivity index (χ0n) is 10.8. The van der Waals surface area contributed by atoms with Crippen molar-refractivity contribution in [3.05, 3.63) is 34.3 Å². The summed E-state index contributed by atoms with van der Waals surface area (Å²) < 4.78 is 5.06. The van der Waals surface area contributed by atoms with Crippen molar-refractivity contribution in [2.45, 2.75) is 39.5 Å². The largest absolute Gasteiger partial charge is 0.445 e. The molecule has 0 aliphatic heterocycles. The molecule has 0 atom stereocenters. The van der Waals surface area contributed by atoms with Gasteiger partial charge in [-0.2, -0.15) is 0 Å². The van der Waals surface area contributed by atoms with Gasteiger partial charge in [0.25, 0.3) is 0 Å². The smallest absolute Gasteiger partial charge is 0.407 e. The Morgan fingerprint density at radius 1 is 1.44 bits per heavy atom. The second-order valence-corrected chi connectivity index (χ2v) is 5.44. The third kappa shape index (κ3) is 4.94. The molecule has 0 bridgehead atoms. The molecule has 2 N–H and O–H groups in total. The highest BCUT2D eigenvalue weighted by atomic mass is 35.5. The number of nitrogens with one attached hydrogen (secondary N) is 1. The molecule has 1 aromatic rings. The SMILES string of the molecule is CC(C)(C)NC(=O)OCc1ccc(CO)c(Cl)c1. The summed E-state index contributed by atoms with van der Waals surface area (Å²) in [6.45, 7) is 5.67. The second kappa shape index (κ2) is 6.07. The highest BCUT2D eigenvalue weighted by Gasteiger charge is 2.14. The number of benzene rings is 1. The zero-order chi connectivity index (χ0) is 13.8. The number of halogens is 1. The monoisotopic (exact) mass is 271 g/mol. The molecule has 1 amide bonds. The number of carbonyl (C=O) groups excluding carboxylic acids is 1. The Bertz CT molecular complexity index is 427. The predicted octanol–water partition coefficient (Wildman–Crippen LogP) is 2.86. The van der Waals surface area contributed by atoms with Crippen LogP contribution < -0.4 is 5.32 Å². The molecule has 0 fully saturated rings. The number of hydrogen-bond acceptors (Lipinski definition) is 3. The molecule has 0 radical (unpaired) electrons. The average Bonchev–Trinajstić information content (AvgIpc) is 2.24. The van der Waals surface area contributed by atoms with Gasteiger partial charge in [-0.25, -0.2) is 4.79 Å². The molecule has 0 saturated heterocycles. The van der Waals surface area contributed by atoms with E-state index in [1.807, 2.05) is 20.8 Å². The summed E-state index contributed by atoms with van der Waals surface area (Å²) in [5.74, 6) is 0. The van der Waals surface area contributed by atoms with Crippen LogP contribution in [0.3, 0.4) is 0 Å². The molecule has 0 spiro atoms. The number of amides is 1. The zero-order valence-corrected chi connectivity index (χ0v) is 11.5. The van der Waals surface area contributed by atoms with Gasteiger partial charge < -0.3 is 15.2 Å². The first-order chi connectivity index (χ1) is 8.31. The van der Waals surface area contributed by atoms with Gasteiger partial charge in [0.15, 0.2) is 0 Å². The number of rotatable bonds is 3. The molecule has 5 heteroatoms. The number of aliphatic hydroxyl groups is 1. The summed E-state index contributed by atoms with van der Waals surface area (Å²) in [4.78, 5) is 11.4. The van der Waals surface area contributed by atoms with Crippen LogP contribution >= 0.6 is 11.6 Å². The van der Waals surface area contributed by atoms with Gasteiger partial charge in [0.1, 0.15) is 6.61 Å². The number of alkyl carbamates (subject to hydrolysis) is 1. The number of aliphatic hydroxyl groups excluding tert-OH is 1. The first kappa shape index (κ1) is 14.8. The van der Waals surface area contributed by atoms with E-state index in [-0.39, 0.29) is 18.8 Å². The molecule has 0 unspecified atom stereocenters. The molecule has 0 aromatic heterocycles. The molecule has 0 aliphatic carbocycles. The molecule has 18 heavy (non-hydrogen) atoms. The number of hydrogen-bond donors (Lipinski definition) is 2. The van der Waals surface area contributed by atoms with Crippen LogP contribution in [0.5, 0.6) is 0 Å². The van der Waals surface area contributed by atoms with Gasteiger partial charge in [-0.15, -0.1) is 0 Å². The fourth-order valence-corrected chi connectivity index (χ4v) is 1.56. The summed E-state index contributed by atoms with van der Waals surface area (Å²) in [7, 11) is 0. The Balaban J connectivity index is 2.54. The first-order valence-electron chi connectivity index (χ1n) is 5.65. The molecule has 0 saturated carbocycles. The van der Waals surface area contributed by atoms with E-state index in [0.717, 1.165) is 5.56 Å². The van der Waals surface area contributed by atoms with Crippen molar-refractivity contribution in [2.75, 3.05) is 0 Å². The maximum atomic E-state index is 11.4. The minimum atomic E-state index is -0.468. The van der Waals surface area contributed by atoms with Crippen molar-refractivity contribution < 1.29 is 14.6 Å². The lowest BCUT2D eigenvalue weighted by atomic mass is 10.1. The van der Waals surface area contributed by atoms with Crippen LogP contribution in [0.25, 0.3) is 0 Å². The Morgan fingerprint density at radius 3 is 2.61 bits per heavy atom. The summed E-state index contributed by atoms with van der Waals surface area (Å²) in [5, 5.41) is 12.1. The summed E-state index contributed by atoms with van der Waals surface area (Å²) >= 11 is 5.94. The third-order valence-corrected chi connectivity index (χ3v) is 2.49. The van der Waals surface area contributed by atoms with E-state index >= 15 is 0 Å². The van der Waals surface area contributed by atoms with E-state index in [0.29, 0.717) is 10.6 Å². The van der Waals surface area contributed by atoms with Crippen LogP contribution in [0, 0.1) is 0 Å². The van der Waals surface area contributed by atoms with Gasteiger partial charge in [-0.1, -0.05) is 23.7 Å². The fraction of sp³-hybridized carbons (Fsp3) is 0.462. The third-order valence-electron chi connectivity index (χ3n) is 2.13. The van der Waals surface area contributed by atoms with Gasteiger partial charge in [-0.05, 0) is 38.0 Å². The summed E-state index contributed by atoms with van der Waals surface area (Å²) in [6.07, 6.45) is -0.468. The summed E-state index contributed by atoms with van der Waals surface area (Å²) in [6, 6.07) is 5.15. The summed E-state index contributed by atoms with van der Waals surface area (Å²) in [5.41, 5.74) is 1.11. The first-order valence-corrected chi connectivity index (χ1v) is 6.03. The van der Waals surface area contributed by atoms with E-state index in [9.17, 15) is 4.79 Å². The van der Waals surface area contributed by atoms with Crippen molar-refractivity contribution >= 4 is 17.7 Å². The average molecular weight is 272 g/mol. The maximum Gasteiger partial charge on any atom is 0.407 e. The van der Waals surface area contributed by atoms with Gasteiger partial charge >= 0.3 is 6.09 Å². The van der Waals surface area contributed by atoms with E-state index in [1.54, 1.807) is 18.2 Å². The lowest BCUT2D eigenvalue weighted by molar-refractivity contribution is 0.131. The number of carbonyl (C=O) groups is 1. The Morgan fingerprint density at radius 2 is 2.11 bits per heavy atom. The van der Waals surface area contributed by atoms with E-state index in [2.05, 4.69) is 5.32 Å². The van der Waals surface area contributed by atoms with Crippen molar-refractivity contribution in [3.8, 4) is 0 Å².